The highest BCUT2D eigenvalue weighted by Gasteiger charge is 2.22. The van der Waals surface area contributed by atoms with Gasteiger partial charge in [0.15, 0.2) is 0 Å². The lowest BCUT2D eigenvalue weighted by atomic mass is 9.82. The van der Waals surface area contributed by atoms with Gasteiger partial charge in [-0.1, -0.05) is 6.42 Å². The first-order valence-corrected chi connectivity index (χ1v) is 4.82. The maximum absolute atomic E-state index is 10.9. The van der Waals surface area contributed by atoms with Crippen molar-refractivity contribution < 1.29 is 4.79 Å². The van der Waals surface area contributed by atoms with Crippen molar-refractivity contribution in [1.29, 1.82) is 0 Å². The zero-order valence-electron chi connectivity index (χ0n) is 8.16. The molecule has 2 N–H and O–H groups in total. The molecule has 14 heavy (non-hydrogen) atoms. The van der Waals surface area contributed by atoms with E-state index in [0.717, 1.165) is 24.2 Å². The van der Waals surface area contributed by atoms with E-state index in [0.29, 0.717) is 5.92 Å². The van der Waals surface area contributed by atoms with E-state index in [1.54, 1.807) is 0 Å². The van der Waals surface area contributed by atoms with Gasteiger partial charge >= 0.3 is 0 Å². The highest BCUT2D eigenvalue weighted by atomic mass is 16.1. The second-order valence-corrected chi connectivity index (χ2v) is 3.75. The van der Waals surface area contributed by atoms with Crippen LogP contribution in [0.25, 0.3) is 0 Å². The minimum Gasteiger partial charge on any atom is -0.363 e. The number of carbonyl (C=O) groups excluding carboxylic acids is 1. The molecule has 74 valence electrons. The SMILES string of the molecule is Cc1cc(C2CCC2)nc(C(N)=O)n1. The molecule has 0 bridgehead atoms. The molecule has 1 aliphatic carbocycles. The van der Waals surface area contributed by atoms with Gasteiger partial charge in [-0.15, -0.1) is 0 Å². The Hall–Kier alpha value is -1.45. The van der Waals surface area contributed by atoms with Crippen LogP contribution in [-0.4, -0.2) is 15.9 Å². The minimum absolute atomic E-state index is 0.145. The summed E-state index contributed by atoms with van der Waals surface area (Å²) in [6.45, 7) is 1.86. The first-order chi connectivity index (χ1) is 6.66. The highest BCUT2D eigenvalue weighted by Crippen LogP contribution is 2.35. The summed E-state index contributed by atoms with van der Waals surface area (Å²) in [5.74, 6) is 0.107. The molecule has 2 rings (SSSR count). The molecule has 1 heterocycles. The summed E-state index contributed by atoms with van der Waals surface area (Å²) in [4.78, 5) is 19.1. The van der Waals surface area contributed by atoms with Crippen molar-refractivity contribution in [3.63, 3.8) is 0 Å². The first-order valence-electron chi connectivity index (χ1n) is 4.82. The third kappa shape index (κ3) is 1.60. The molecular weight excluding hydrogens is 178 g/mol. The molecule has 0 radical (unpaired) electrons. The van der Waals surface area contributed by atoms with Gasteiger partial charge in [0.05, 0.1) is 0 Å². The van der Waals surface area contributed by atoms with Crippen LogP contribution in [0.15, 0.2) is 6.07 Å². The predicted octanol–water partition coefficient (Wildman–Crippen LogP) is 1.15. The molecule has 1 aromatic heterocycles. The molecule has 1 fully saturated rings. The molecule has 0 aromatic carbocycles. The number of nitrogens with zero attached hydrogens (tertiary/aromatic N) is 2. The largest absolute Gasteiger partial charge is 0.363 e. The quantitative estimate of drug-likeness (QED) is 0.762. The molecule has 1 amide bonds. The van der Waals surface area contributed by atoms with Crippen molar-refractivity contribution in [2.75, 3.05) is 0 Å². The lowest BCUT2D eigenvalue weighted by Crippen LogP contribution is -2.19. The minimum atomic E-state index is -0.547. The van der Waals surface area contributed by atoms with E-state index in [1.165, 1.54) is 6.42 Å². The van der Waals surface area contributed by atoms with E-state index in [4.69, 9.17) is 5.73 Å². The van der Waals surface area contributed by atoms with Crippen LogP contribution >= 0.6 is 0 Å². The van der Waals surface area contributed by atoms with Gasteiger partial charge in [0.2, 0.25) is 5.82 Å². The average molecular weight is 191 g/mol. The Labute approximate surface area is 82.6 Å². The fourth-order valence-electron chi connectivity index (χ4n) is 1.62. The van der Waals surface area contributed by atoms with Crippen LogP contribution in [0.1, 0.15) is 47.2 Å². The summed E-state index contributed by atoms with van der Waals surface area (Å²) >= 11 is 0. The van der Waals surface area contributed by atoms with Gasteiger partial charge in [-0.3, -0.25) is 4.79 Å². The third-order valence-corrected chi connectivity index (χ3v) is 2.62. The molecule has 0 spiro atoms. The smallest absolute Gasteiger partial charge is 0.286 e. The van der Waals surface area contributed by atoms with Crippen LogP contribution < -0.4 is 5.73 Å². The van der Waals surface area contributed by atoms with Crippen LogP contribution in [0, 0.1) is 6.92 Å². The summed E-state index contributed by atoms with van der Waals surface area (Å²) < 4.78 is 0. The number of hydrogen-bond acceptors (Lipinski definition) is 3. The van der Waals surface area contributed by atoms with Crippen LogP contribution in [0.5, 0.6) is 0 Å². The fourth-order valence-corrected chi connectivity index (χ4v) is 1.62. The van der Waals surface area contributed by atoms with E-state index in [9.17, 15) is 4.79 Å². The summed E-state index contributed by atoms with van der Waals surface area (Å²) in [6, 6.07) is 1.94. The van der Waals surface area contributed by atoms with Crippen LogP contribution in [0.4, 0.5) is 0 Å². The Morgan fingerprint density at radius 1 is 1.50 bits per heavy atom. The van der Waals surface area contributed by atoms with Crippen molar-refractivity contribution in [3.8, 4) is 0 Å². The highest BCUT2D eigenvalue weighted by molar-refractivity contribution is 5.88. The number of aryl methyl sites for hydroxylation is 1. The van der Waals surface area contributed by atoms with E-state index in [-0.39, 0.29) is 5.82 Å². The van der Waals surface area contributed by atoms with Crippen molar-refractivity contribution in [2.24, 2.45) is 5.73 Å². The maximum atomic E-state index is 10.9. The Bertz CT molecular complexity index is 372. The van der Waals surface area contributed by atoms with E-state index in [1.807, 2.05) is 13.0 Å². The molecule has 4 heteroatoms. The maximum Gasteiger partial charge on any atom is 0.286 e. The van der Waals surface area contributed by atoms with Gasteiger partial charge < -0.3 is 5.73 Å². The van der Waals surface area contributed by atoms with Crippen molar-refractivity contribution in [2.45, 2.75) is 32.1 Å². The first kappa shape index (κ1) is 9.12. The number of carbonyl (C=O) groups is 1. The monoisotopic (exact) mass is 191 g/mol. The Morgan fingerprint density at radius 3 is 2.71 bits per heavy atom. The Morgan fingerprint density at radius 2 is 2.21 bits per heavy atom. The molecule has 1 aliphatic rings. The van der Waals surface area contributed by atoms with Crippen LogP contribution in [-0.2, 0) is 0 Å². The molecule has 0 unspecified atom stereocenters. The summed E-state index contributed by atoms with van der Waals surface area (Å²) in [5, 5.41) is 0. The third-order valence-electron chi connectivity index (χ3n) is 2.62. The molecule has 0 saturated heterocycles. The molecule has 1 saturated carbocycles. The van der Waals surface area contributed by atoms with Crippen molar-refractivity contribution in [3.05, 3.63) is 23.3 Å². The topological polar surface area (TPSA) is 68.9 Å². The van der Waals surface area contributed by atoms with Gasteiger partial charge in [-0.05, 0) is 25.8 Å². The second kappa shape index (κ2) is 3.36. The summed E-state index contributed by atoms with van der Waals surface area (Å²) in [6.07, 6.45) is 3.57. The lowest BCUT2D eigenvalue weighted by Gasteiger charge is -2.24. The number of aromatic nitrogens is 2. The fraction of sp³-hybridized carbons (Fsp3) is 0.500. The molecule has 0 atom stereocenters. The van der Waals surface area contributed by atoms with E-state index >= 15 is 0 Å². The standard InChI is InChI=1S/C10H13N3O/c1-6-5-8(7-3-2-4-7)13-10(12-6)9(11)14/h5,7H,2-4H2,1H3,(H2,11,14). The lowest BCUT2D eigenvalue weighted by molar-refractivity contribution is 0.0989. The van der Waals surface area contributed by atoms with Gasteiger partial charge in [0.1, 0.15) is 0 Å². The number of amides is 1. The van der Waals surface area contributed by atoms with Crippen molar-refractivity contribution in [1.82, 2.24) is 9.97 Å². The number of rotatable bonds is 2. The van der Waals surface area contributed by atoms with Crippen molar-refractivity contribution >= 4 is 5.91 Å². The van der Waals surface area contributed by atoms with E-state index < -0.39 is 5.91 Å². The zero-order valence-corrected chi connectivity index (χ0v) is 8.16. The molecular formula is C10H13N3O. The van der Waals surface area contributed by atoms with Gasteiger partial charge in [0, 0.05) is 17.3 Å². The number of hydrogen-bond donors (Lipinski definition) is 1. The van der Waals surface area contributed by atoms with Crippen LogP contribution in [0.2, 0.25) is 0 Å². The average Bonchev–Trinajstić information content (AvgIpc) is 1.99. The summed E-state index contributed by atoms with van der Waals surface area (Å²) in [7, 11) is 0. The predicted molar refractivity (Wildman–Crippen MR) is 51.9 cm³/mol. The zero-order chi connectivity index (χ0) is 10.1. The normalized spacial score (nSPS) is 16.4. The number of nitrogens with two attached hydrogens (primary N) is 1. The number of primary amides is 1. The molecule has 1 aromatic rings. The van der Waals surface area contributed by atoms with Gasteiger partial charge in [0.25, 0.3) is 5.91 Å². The Balaban J connectivity index is 2.35. The van der Waals surface area contributed by atoms with Gasteiger partial charge in [-0.2, -0.15) is 0 Å². The second-order valence-electron chi connectivity index (χ2n) is 3.75. The molecule has 4 nitrogen and oxygen atoms in total. The Kier molecular flexibility index (Phi) is 2.19. The molecule has 0 aliphatic heterocycles. The van der Waals surface area contributed by atoms with E-state index in [2.05, 4.69) is 9.97 Å². The van der Waals surface area contributed by atoms with Gasteiger partial charge in [-0.25, -0.2) is 9.97 Å². The summed E-state index contributed by atoms with van der Waals surface area (Å²) in [5.41, 5.74) is 6.93. The van der Waals surface area contributed by atoms with Crippen LogP contribution in [0.3, 0.4) is 0 Å².